The van der Waals surface area contributed by atoms with Crippen molar-refractivity contribution in [1.82, 2.24) is 4.90 Å². The number of hydrogen-bond donors (Lipinski definition) is 1. The van der Waals surface area contributed by atoms with Crippen molar-refractivity contribution in [3.05, 3.63) is 71.3 Å². The first-order valence-corrected chi connectivity index (χ1v) is 9.68. The van der Waals surface area contributed by atoms with Crippen molar-refractivity contribution in [3.63, 3.8) is 0 Å². The van der Waals surface area contributed by atoms with Gasteiger partial charge in [0.1, 0.15) is 0 Å². The van der Waals surface area contributed by atoms with Gasteiger partial charge in [0, 0.05) is 18.7 Å². The van der Waals surface area contributed by atoms with E-state index in [-0.39, 0.29) is 11.3 Å². The molecule has 1 amide bonds. The number of amides is 1. The van der Waals surface area contributed by atoms with Crippen molar-refractivity contribution in [2.75, 3.05) is 13.1 Å². The molecule has 1 aliphatic heterocycles. The van der Waals surface area contributed by atoms with Crippen molar-refractivity contribution in [3.8, 4) is 0 Å². The lowest BCUT2D eigenvalue weighted by Crippen LogP contribution is -2.44. The molecule has 3 nitrogen and oxygen atoms in total. The van der Waals surface area contributed by atoms with E-state index in [1.165, 1.54) is 5.56 Å². The Bertz CT molecular complexity index is 770. The lowest BCUT2D eigenvalue weighted by molar-refractivity contribution is -0.0388. The quantitative estimate of drug-likeness (QED) is 0.900. The van der Waals surface area contributed by atoms with Crippen LogP contribution < -0.4 is 0 Å². The third-order valence-electron chi connectivity index (χ3n) is 6.47. The smallest absolute Gasteiger partial charge is 0.253 e. The molecule has 1 aliphatic carbocycles. The van der Waals surface area contributed by atoms with E-state index in [4.69, 9.17) is 0 Å². The molecule has 0 atom stereocenters. The average molecular weight is 349 g/mol. The summed E-state index contributed by atoms with van der Waals surface area (Å²) in [5, 5.41) is 10.4. The first kappa shape index (κ1) is 17.3. The molecule has 3 heteroatoms. The van der Waals surface area contributed by atoms with Crippen LogP contribution in [0.1, 0.15) is 60.5 Å². The van der Waals surface area contributed by atoms with Gasteiger partial charge >= 0.3 is 0 Å². The van der Waals surface area contributed by atoms with E-state index in [1.54, 1.807) is 0 Å². The molecule has 1 heterocycles. The van der Waals surface area contributed by atoms with Crippen molar-refractivity contribution in [1.29, 1.82) is 0 Å². The fourth-order valence-electron chi connectivity index (χ4n) is 4.24. The fraction of sp³-hybridized carbons (Fsp3) is 0.435. The van der Waals surface area contributed by atoms with Gasteiger partial charge in [-0.15, -0.1) is 0 Å². The Morgan fingerprint density at radius 3 is 2.04 bits per heavy atom. The summed E-state index contributed by atoms with van der Waals surface area (Å²) in [6.07, 6.45) is 4.70. The van der Waals surface area contributed by atoms with Crippen molar-refractivity contribution >= 4 is 5.91 Å². The number of hydrogen-bond acceptors (Lipinski definition) is 2. The van der Waals surface area contributed by atoms with Crippen molar-refractivity contribution in [2.45, 2.75) is 50.0 Å². The van der Waals surface area contributed by atoms with Gasteiger partial charge in [-0.05, 0) is 60.8 Å². The molecule has 0 spiro atoms. The van der Waals surface area contributed by atoms with Crippen molar-refractivity contribution < 1.29 is 9.90 Å². The maximum absolute atomic E-state index is 12.9. The van der Waals surface area contributed by atoms with Gasteiger partial charge < -0.3 is 10.0 Å². The number of aliphatic hydroxyl groups is 1. The van der Waals surface area contributed by atoms with E-state index < -0.39 is 5.60 Å². The van der Waals surface area contributed by atoms with Gasteiger partial charge in [-0.1, -0.05) is 49.4 Å². The minimum absolute atomic E-state index is 0.104. The maximum atomic E-state index is 12.9. The molecule has 0 aromatic heterocycles. The molecule has 136 valence electrons. The standard InChI is InChI=1S/C23H27NO2/c1-22(19-6-3-2-4-7-19)14-16-24(17-15-22)21(25)18-8-10-20(11-9-18)23(26)12-5-13-23/h2-4,6-11,26H,5,12-17H2,1H3. The van der Waals surface area contributed by atoms with E-state index in [9.17, 15) is 9.90 Å². The highest BCUT2D eigenvalue weighted by Crippen LogP contribution is 2.41. The highest BCUT2D eigenvalue weighted by Gasteiger charge is 2.36. The number of carbonyl (C=O) groups excluding carboxylic acids is 1. The van der Waals surface area contributed by atoms with E-state index in [0.717, 1.165) is 56.3 Å². The van der Waals surface area contributed by atoms with E-state index in [1.807, 2.05) is 29.2 Å². The molecule has 2 aromatic rings. The van der Waals surface area contributed by atoms with Crippen LogP contribution in [0.25, 0.3) is 0 Å². The van der Waals surface area contributed by atoms with E-state index in [0.29, 0.717) is 0 Å². The van der Waals surface area contributed by atoms with E-state index in [2.05, 4.69) is 37.3 Å². The summed E-state index contributed by atoms with van der Waals surface area (Å²) in [6, 6.07) is 18.2. The van der Waals surface area contributed by atoms with Gasteiger partial charge in [0.2, 0.25) is 0 Å². The molecule has 1 saturated heterocycles. The Morgan fingerprint density at radius 1 is 0.885 bits per heavy atom. The van der Waals surface area contributed by atoms with Crippen LogP contribution in [0.2, 0.25) is 0 Å². The van der Waals surface area contributed by atoms with Crippen LogP contribution in [0.5, 0.6) is 0 Å². The van der Waals surface area contributed by atoms with Crippen LogP contribution in [0.15, 0.2) is 54.6 Å². The summed E-state index contributed by atoms with van der Waals surface area (Å²) in [4.78, 5) is 14.8. The predicted molar refractivity (Wildman–Crippen MR) is 103 cm³/mol. The lowest BCUT2D eigenvalue weighted by Gasteiger charge is -2.40. The van der Waals surface area contributed by atoms with Gasteiger partial charge in [0.05, 0.1) is 5.60 Å². The summed E-state index contributed by atoms with van der Waals surface area (Å²) in [6.45, 7) is 3.88. The molecule has 26 heavy (non-hydrogen) atoms. The van der Waals surface area contributed by atoms with Crippen LogP contribution in [-0.2, 0) is 11.0 Å². The molecule has 2 aromatic carbocycles. The Morgan fingerprint density at radius 2 is 1.50 bits per heavy atom. The molecule has 0 unspecified atom stereocenters. The van der Waals surface area contributed by atoms with Gasteiger partial charge in [-0.3, -0.25) is 4.79 Å². The molecular weight excluding hydrogens is 322 g/mol. The largest absolute Gasteiger partial charge is 0.385 e. The lowest BCUT2D eigenvalue weighted by atomic mass is 9.74. The molecule has 4 rings (SSSR count). The molecule has 1 saturated carbocycles. The summed E-state index contributed by atoms with van der Waals surface area (Å²) < 4.78 is 0. The zero-order valence-corrected chi connectivity index (χ0v) is 15.4. The molecule has 0 bridgehead atoms. The predicted octanol–water partition coefficient (Wildman–Crippen LogP) is 4.25. The first-order valence-electron chi connectivity index (χ1n) is 9.68. The number of rotatable bonds is 3. The number of likely N-dealkylation sites (tertiary alicyclic amines) is 1. The Hall–Kier alpha value is -2.13. The van der Waals surface area contributed by atoms with Crippen LogP contribution in [0, 0.1) is 0 Å². The minimum atomic E-state index is -0.663. The molecule has 2 aliphatic rings. The normalized spacial score (nSPS) is 21.1. The maximum Gasteiger partial charge on any atom is 0.253 e. The van der Waals surface area contributed by atoms with Crippen LogP contribution in [0.3, 0.4) is 0 Å². The Labute approximate surface area is 155 Å². The van der Waals surface area contributed by atoms with Gasteiger partial charge in [-0.2, -0.15) is 0 Å². The monoisotopic (exact) mass is 349 g/mol. The number of carbonyl (C=O) groups is 1. The highest BCUT2D eigenvalue weighted by atomic mass is 16.3. The Balaban J connectivity index is 1.42. The number of benzene rings is 2. The highest BCUT2D eigenvalue weighted by molar-refractivity contribution is 5.94. The molecule has 2 fully saturated rings. The second kappa shape index (κ2) is 6.55. The molecule has 0 radical (unpaired) electrons. The minimum Gasteiger partial charge on any atom is -0.385 e. The van der Waals surface area contributed by atoms with Crippen LogP contribution in [0.4, 0.5) is 0 Å². The topological polar surface area (TPSA) is 40.5 Å². The van der Waals surface area contributed by atoms with Crippen LogP contribution >= 0.6 is 0 Å². The second-order valence-electron chi connectivity index (χ2n) is 8.18. The average Bonchev–Trinajstić information content (AvgIpc) is 2.67. The summed E-state index contributed by atoms with van der Waals surface area (Å²) in [7, 11) is 0. The summed E-state index contributed by atoms with van der Waals surface area (Å²) in [5.41, 5.74) is 2.51. The SMILES string of the molecule is CC1(c2ccccc2)CCN(C(=O)c2ccc(C3(O)CCC3)cc2)CC1. The second-order valence-corrected chi connectivity index (χ2v) is 8.18. The first-order chi connectivity index (χ1) is 12.5. The summed E-state index contributed by atoms with van der Waals surface area (Å²) >= 11 is 0. The summed E-state index contributed by atoms with van der Waals surface area (Å²) in [5.74, 6) is 0.104. The number of nitrogens with zero attached hydrogens (tertiary/aromatic N) is 1. The Kier molecular flexibility index (Phi) is 4.36. The molecule has 1 N–H and O–H groups in total. The van der Waals surface area contributed by atoms with Crippen LogP contribution in [-0.4, -0.2) is 29.0 Å². The molecular formula is C23H27NO2. The zero-order chi connectivity index (χ0) is 18.2. The third kappa shape index (κ3) is 3.05. The van der Waals surface area contributed by atoms with E-state index >= 15 is 0 Å². The zero-order valence-electron chi connectivity index (χ0n) is 15.4. The van der Waals surface area contributed by atoms with Gasteiger partial charge in [0.15, 0.2) is 0 Å². The third-order valence-corrected chi connectivity index (χ3v) is 6.47. The van der Waals surface area contributed by atoms with Crippen molar-refractivity contribution in [2.24, 2.45) is 0 Å². The van der Waals surface area contributed by atoms with Gasteiger partial charge in [0.25, 0.3) is 5.91 Å². The number of piperidine rings is 1. The van der Waals surface area contributed by atoms with Gasteiger partial charge in [-0.25, -0.2) is 0 Å². The fourth-order valence-corrected chi connectivity index (χ4v) is 4.24.